The lowest BCUT2D eigenvalue weighted by atomic mass is 10.2. The summed E-state index contributed by atoms with van der Waals surface area (Å²) in [6.45, 7) is 0. The minimum Gasteiger partial charge on any atom is -0.383 e. The van der Waals surface area contributed by atoms with Crippen molar-refractivity contribution in [1.29, 1.82) is 0 Å². The molecule has 0 aliphatic heterocycles. The van der Waals surface area contributed by atoms with Gasteiger partial charge in [-0.2, -0.15) is 0 Å². The van der Waals surface area contributed by atoms with E-state index in [1.807, 2.05) is 30.3 Å². The zero-order valence-electron chi connectivity index (χ0n) is 8.90. The van der Waals surface area contributed by atoms with Gasteiger partial charge in [-0.1, -0.05) is 53.5 Å². The van der Waals surface area contributed by atoms with Crippen LogP contribution in [-0.2, 0) is 0 Å². The third-order valence-corrected chi connectivity index (χ3v) is 2.77. The minimum absolute atomic E-state index is 0.412. The predicted octanol–water partition coefficient (Wildman–Crippen LogP) is 4.03. The van der Waals surface area contributed by atoms with Crippen molar-refractivity contribution in [3.8, 4) is 0 Å². The molecule has 0 heterocycles. The standard InChI is InChI=1S/C13H10Cl2N2/c14-10-6-7-11(15)12(8-10)17-13(16)9-4-2-1-3-5-9/h1-8H,(H2,16,17). The highest BCUT2D eigenvalue weighted by Crippen LogP contribution is 2.28. The predicted molar refractivity (Wildman–Crippen MR) is 73.3 cm³/mol. The zero-order valence-corrected chi connectivity index (χ0v) is 10.4. The van der Waals surface area contributed by atoms with Gasteiger partial charge in [0, 0.05) is 10.6 Å². The third-order valence-electron chi connectivity index (χ3n) is 2.22. The molecule has 2 aromatic carbocycles. The molecular formula is C13H10Cl2N2. The van der Waals surface area contributed by atoms with E-state index in [1.54, 1.807) is 18.2 Å². The van der Waals surface area contributed by atoms with Crippen LogP contribution in [-0.4, -0.2) is 5.84 Å². The molecule has 86 valence electrons. The van der Waals surface area contributed by atoms with Gasteiger partial charge in [0.05, 0.1) is 10.7 Å². The lowest BCUT2D eigenvalue weighted by Crippen LogP contribution is -2.12. The highest BCUT2D eigenvalue weighted by molar-refractivity contribution is 6.35. The average molecular weight is 265 g/mol. The monoisotopic (exact) mass is 264 g/mol. The van der Waals surface area contributed by atoms with E-state index in [1.165, 1.54) is 0 Å². The van der Waals surface area contributed by atoms with Crippen molar-refractivity contribution in [2.75, 3.05) is 0 Å². The Hall–Kier alpha value is -1.51. The lowest BCUT2D eigenvalue weighted by Gasteiger charge is -2.02. The number of rotatable bonds is 2. The lowest BCUT2D eigenvalue weighted by molar-refractivity contribution is 1.45. The van der Waals surface area contributed by atoms with Crippen molar-refractivity contribution in [2.45, 2.75) is 0 Å². The summed E-state index contributed by atoms with van der Waals surface area (Å²) in [7, 11) is 0. The zero-order chi connectivity index (χ0) is 12.3. The maximum atomic E-state index is 6.01. The highest BCUT2D eigenvalue weighted by Gasteiger charge is 2.02. The van der Waals surface area contributed by atoms with Crippen LogP contribution in [0.1, 0.15) is 5.56 Å². The largest absolute Gasteiger partial charge is 0.383 e. The summed E-state index contributed by atoms with van der Waals surface area (Å²) in [5, 5.41) is 1.10. The van der Waals surface area contributed by atoms with Crippen LogP contribution >= 0.6 is 23.2 Å². The van der Waals surface area contributed by atoms with E-state index < -0.39 is 0 Å². The van der Waals surface area contributed by atoms with Gasteiger partial charge in [0.15, 0.2) is 0 Å². The first-order valence-electron chi connectivity index (χ1n) is 5.01. The van der Waals surface area contributed by atoms with E-state index in [0.717, 1.165) is 5.56 Å². The van der Waals surface area contributed by atoms with E-state index in [9.17, 15) is 0 Å². The molecule has 0 radical (unpaired) electrons. The summed E-state index contributed by atoms with van der Waals surface area (Å²) in [4.78, 5) is 4.27. The first-order valence-corrected chi connectivity index (χ1v) is 5.77. The molecule has 2 aromatic rings. The second-order valence-corrected chi connectivity index (χ2v) is 4.30. The molecule has 2 N–H and O–H groups in total. The second kappa shape index (κ2) is 5.21. The van der Waals surface area contributed by atoms with Crippen LogP contribution in [0, 0.1) is 0 Å². The molecule has 0 unspecified atom stereocenters. The fraction of sp³-hybridized carbons (Fsp3) is 0. The van der Waals surface area contributed by atoms with Crippen LogP contribution in [0.2, 0.25) is 10.0 Å². The number of nitrogens with two attached hydrogens (primary N) is 1. The van der Waals surface area contributed by atoms with E-state index >= 15 is 0 Å². The van der Waals surface area contributed by atoms with Crippen LogP contribution < -0.4 is 5.73 Å². The van der Waals surface area contributed by atoms with E-state index in [0.29, 0.717) is 21.6 Å². The summed E-state index contributed by atoms with van der Waals surface area (Å²) < 4.78 is 0. The molecule has 0 aliphatic rings. The molecule has 0 spiro atoms. The van der Waals surface area contributed by atoms with E-state index in [2.05, 4.69) is 4.99 Å². The molecule has 0 bridgehead atoms. The average Bonchev–Trinajstić information content (AvgIpc) is 2.35. The first kappa shape index (κ1) is 12.0. The van der Waals surface area contributed by atoms with Gasteiger partial charge in [0.1, 0.15) is 5.84 Å². The third kappa shape index (κ3) is 2.99. The van der Waals surface area contributed by atoms with Gasteiger partial charge in [0.25, 0.3) is 0 Å². The number of hydrogen-bond donors (Lipinski definition) is 1. The Morgan fingerprint density at radius 1 is 1.00 bits per heavy atom. The molecule has 0 saturated heterocycles. The molecule has 0 amide bonds. The molecular weight excluding hydrogens is 255 g/mol. The Morgan fingerprint density at radius 3 is 2.41 bits per heavy atom. The fourth-order valence-electron chi connectivity index (χ4n) is 1.37. The molecule has 0 saturated carbocycles. The van der Waals surface area contributed by atoms with Crippen LogP contribution in [0.3, 0.4) is 0 Å². The van der Waals surface area contributed by atoms with Gasteiger partial charge in [-0.3, -0.25) is 0 Å². The number of benzene rings is 2. The van der Waals surface area contributed by atoms with Gasteiger partial charge >= 0.3 is 0 Å². The summed E-state index contributed by atoms with van der Waals surface area (Å²) >= 11 is 11.9. The maximum Gasteiger partial charge on any atom is 0.131 e. The summed E-state index contributed by atoms with van der Waals surface area (Å²) in [5.41, 5.74) is 7.31. The molecule has 0 aromatic heterocycles. The van der Waals surface area contributed by atoms with Gasteiger partial charge in [-0.15, -0.1) is 0 Å². The second-order valence-electron chi connectivity index (χ2n) is 3.46. The van der Waals surface area contributed by atoms with Crippen LogP contribution in [0.4, 0.5) is 5.69 Å². The topological polar surface area (TPSA) is 38.4 Å². The van der Waals surface area contributed by atoms with E-state index in [-0.39, 0.29) is 0 Å². The summed E-state index contributed by atoms with van der Waals surface area (Å²) in [5.74, 6) is 0.412. The van der Waals surface area contributed by atoms with Crippen molar-refractivity contribution < 1.29 is 0 Å². The molecule has 4 heteroatoms. The minimum atomic E-state index is 0.412. The summed E-state index contributed by atoms with van der Waals surface area (Å²) in [6.07, 6.45) is 0. The van der Waals surface area contributed by atoms with Gasteiger partial charge < -0.3 is 5.73 Å². The Kier molecular flexibility index (Phi) is 3.67. The Bertz CT molecular complexity index is 551. The fourth-order valence-corrected chi connectivity index (χ4v) is 1.70. The van der Waals surface area contributed by atoms with E-state index in [4.69, 9.17) is 28.9 Å². The molecule has 0 fully saturated rings. The van der Waals surface area contributed by atoms with Crippen LogP contribution in [0.5, 0.6) is 0 Å². The smallest absolute Gasteiger partial charge is 0.131 e. The Balaban J connectivity index is 2.39. The quantitative estimate of drug-likeness (QED) is 0.646. The van der Waals surface area contributed by atoms with Gasteiger partial charge in [0.2, 0.25) is 0 Å². The number of amidine groups is 1. The normalized spacial score (nSPS) is 11.5. The first-order chi connectivity index (χ1) is 8.16. The molecule has 0 aliphatic carbocycles. The van der Waals surface area contributed by atoms with Crippen molar-refractivity contribution >= 4 is 34.7 Å². The number of aliphatic imine (C=N–C) groups is 1. The summed E-state index contributed by atoms with van der Waals surface area (Å²) in [6, 6.07) is 14.6. The highest BCUT2D eigenvalue weighted by atomic mass is 35.5. The Morgan fingerprint density at radius 2 is 1.71 bits per heavy atom. The molecule has 2 nitrogen and oxygen atoms in total. The molecule has 0 atom stereocenters. The van der Waals surface area contributed by atoms with Crippen molar-refractivity contribution in [2.24, 2.45) is 10.7 Å². The van der Waals surface area contributed by atoms with Crippen molar-refractivity contribution in [3.05, 3.63) is 64.1 Å². The molecule has 2 rings (SSSR count). The number of halogens is 2. The number of hydrogen-bond acceptors (Lipinski definition) is 1. The van der Waals surface area contributed by atoms with Crippen LogP contribution in [0.25, 0.3) is 0 Å². The maximum absolute atomic E-state index is 6.01. The van der Waals surface area contributed by atoms with Crippen molar-refractivity contribution in [3.63, 3.8) is 0 Å². The van der Waals surface area contributed by atoms with Crippen molar-refractivity contribution in [1.82, 2.24) is 0 Å². The SMILES string of the molecule is NC(=Nc1cc(Cl)ccc1Cl)c1ccccc1. The Labute approximate surface area is 110 Å². The van der Waals surface area contributed by atoms with Gasteiger partial charge in [-0.25, -0.2) is 4.99 Å². The number of nitrogens with zero attached hydrogens (tertiary/aromatic N) is 1. The van der Waals surface area contributed by atoms with Gasteiger partial charge in [-0.05, 0) is 18.2 Å². The molecule has 17 heavy (non-hydrogen) atoms. The van der Waals surface area contributed by atoms with Crippen LogP contribution in [0.15, 0.2) is 53.5 Å².